The van der Waals surface area contributed by atoms with Gasteiger partial charge in [-0.25, -0.2) is 0 Å². The van der Waals surface area contributed by atoms with Crippen molar-refractivity contribution in [1.82, 2.24) is 0 Å². The van der Waals surface area contributed by atoms with Gasteiger partial charge in [-0.15, -0.1) is 0 Å². The Bertz CT molecular complexity index is 502. The molecule has 0 unspecified atom stereocenters. The van der Waals surface area contributed by atoms with Crippen molar-refractivity contribution in [2.45, 2.75) is 0 Å². The average Bonchev–Trinajstić information content (AvgIpc) is 2.40. The lowest BCUT2D eigenvalue weighted by molar-refractivity contribution is 0.333. The lowest BCUT2D eigenvalue weighted by Gasteiger charge is -2.09. The quantitative estimate of drug-likeness (QED) is 0.816. The zero-order valence-corrected chi connectivity index (χ0v) is 11.2. The molecule has 2 aromatic rings. The predicted molar refractivity (Wildman–Crippen MR) is 76.9 cm³/mol. The van der Waals surface area contributed by atoms with Crippen molar-refractivity contribution in [2.75, 3.05) is 18.5 Å². The summed E-state index contributed by atoms with van der Waals surface area (Å²) in [5, 5.41) is 4.30. The Labute approximate surface area is 116 Å². The smallest absolute Gasteiger partial charge is 0.120 e. The molecule has 0 aromatic heterocycles. The Hall–Kier alpha value is -1.38. The number of anilines is 1. The van der Waals surface area contributed by atoms with Gasteiger partial charge in [0.15, 0.2) is 0 Å². The first-order valence-corrected chi connectivity index (χ1v) is 6.38. The first-order valence-electron chi connectivity index (χ1n) is 5.62. The van der Waals surface area contributed by atoms with Gasteiger partial charge in [-0.2, -0.15) is 0 Å². The van der Waals surface area contributed by atoms with Crippen LogP contribution in [0, 0.1) is 0 Å². The molecular weight excluding hydrogens is 269 g/mol. The zero-order valence-electron chi connectivity index (χ0n) is 9.70. The first-order chi connectivity index (χ1) is 8.75. The van der Waals surface area contributed by atoms with Gasteiger partial charge < -0.3 is 10.1 Å². The predicted octanol–water partition coefficient (Wildman–Crippen LogP) is 4.48. The molecular formula is C14H13Cl2NO. The molecule has 0 saturated carbocycles. The fourth-order valence-electron chi connectivity index (χ4n) is 1.49. The summed E-state index contributed by atoms with van der Waals surface area (Å²) in [6, 6.07) is 15.2. The number of halogens is 2. The summed E-state index contributed by atoms with van der Waals surface area (Å²) in [6.45, 7) is 1.29. The average molecular weight is 282 g/mol. The Morgan fingerprint density at radius 3 is 2.44 bits per heavy atom. The first kappa shape index (κ1) is 13.1. The van der Waals surface area contributed by atoms with Crippen LogP contribution in [-0.4, -0.2) is 13.2 Å². The highest BCUT2D eigenvalue weighted by Crippen LogP contribution is 2.26. The topological polar surface area (TPSA) is 21.3 Å². The summed E-state index contributed by atoms with van der Waals surface area (Å²) in [6.07, 6.45) is 0. The fraction of sp³-hybridized carbons (Fsp3) is 0.143. The van der Waals surface area contributed by atoms with Crippen molar-refractivity contribution in [2.24, 2.45) is 0 Å². The number of nitrogens with one attached hydrogen (secondary N) is 1. The van der Waals surface area contributed by atoms with Crippen LogP contribution in [0.3, 0.4) is 0 Å². The SMILES string of the molecule is Clc1ccc(OCCNc2ccccc2)cc1Cl. The zero-order chi connectivity index (χ0) is 12.8. The molecule has 0 spiro atoms. The Morgan fingerprint density at radius 1 is 0.944 bits per heavy atom. The fourth-order valence-corrected chi connectivity index (χ4v) is 1.77. The molecule has 2 rings (SSSR count). The maximum Gasteiger partial charge on any atom is 0.120 e. The minimum absolute atomic E-state index is 0.505. The van der Waals surface area contributed by atoms with E-state index >= 15 is 0 Å². The van der Waals surface area contributed by atoms with E-state index in [4.69, 9.17) is 27.9 Å². The number of hydrogen-bond acceptors (Lipinski definition) is 2. The number of ether oxygens (including phenoxy) is 1. The summed E-state index contributed by atoms with van der Waals surface area (Å²) in [4.78, 5) is 0. The molecule has 94 valence electrons. The molecule has 0 heterocycles. The molecule has 1 N–H and O–H groups in total. The normalized spacial score (nSPS) is 10.1. The van der Waals surface area contributed by atoms with E-state index in [1.165, 1.54) is 0 Å². The minimum atomic E-state index is 0.505. The molecule has 0 bridgehead atoms. The summed E-state index contributed by atoms with van der Waals surface area (Å²) in [7, 11) is 0. The van der Waals surface area contributed by atoms with Crippen LogP contribution in [0.2, 0.25) is 10.0 Å². The van der Waals surface area contributed by atoms with Gasteiger partial charge in [-0.1, -0.05) is 41.4 Å². The highest BCUT2D eigenvalue weighted by molar-refractivity contribution is 6.42. The molecule has 0 aliphatic heterocycles. The van der Waals surface area contributed by atoms with Crippen LogP contribution in [-0.2, 0) is 0 Å². The largest absolute Gasteiger partial charge is 0.492 e. The van der Waals surface area contributed by atoms with Crippen LogP contribution in [0.25, 0.3) is 0 Å². The molecule has 18 heavy (non-hydrogen) atoms. The van der Waals surface area contributed by atoms with E-state index in [1.807, 2.05) is 30.3 Å². The third-order valence-corrected chi connectivity index (χ3v) is 3.10. The summed E-state index contributed by atoms with van der Waals surface area (Å²) in [5.41, 5.74) is 1.08. The molecule has 0 fully saturated rings. The molecule has 0 aliphatic rings. The van der Waals surface area contributed by atoms with Crippen LogP contribution < -0.4 is 10.1 Å². The minimum Gasteiger partial charge on any atom is -0.492 e. The molecule has 0 aliphatic carbocycles. The van der Waals surface area contributed by atoms with Gasteiger partial charge in [0.2, 0.25) is 0 Å². The highest BCUT2D eigenvalue weighted by atomic mass is 35.5. The van der Waals surface area contributed by atoms with Crippen molar-refractivity contribution in [3.8, 4) is 5.75 Å². The Morgan fingerprint density at radius 2 is 1.72 bits per heavy atom. The third kappa shape index (κ3) is 3.83. The third-order valence-electron chi connectivity index (χ3n) is 2.36. The molecule has 0 amide bonds. The molecule has 0 saturated heterocycles. The van der Waals surface area contributed by atoms with Crippen molar-refractivity contribution in [3.63, 3.8) is 0 Å². The van der Waals surface area contributed by atoms with E-state index in [9.17, 15) is 0 Å². The van der Waals surface area contributed by atoms with Gasteiger partial charge >= 0.3 is 0 Å². The van der Waals surface area contributed by atoms with E-state index in [0.29, 0.717) is 16.7 Å². The second-order valence-electron chi connectivity index (χ2n) is 3.72. The maximum atomic E-state index is 5.89. The molecule has 4 heteroatoms. The van der Waals surface area contributed by atoms with E-state index in [1.54, 1.807) is 18.2 Å². The van der Waals surface area contributed by atoms with Gasteiger partial charge in [0.1, 0.15) is 12.4 Å². The van der Waals surface area contributed by atoms with Crippen molar-refractivity contribution in [3.05, 3.63) is 58.6 Å². The Kier molecular flexibility index (Phi) is 4.73. The molecule has 2 aromatic carbocycles. The van der Waals surface area contributed by atoms with E-state index in [2.05, 4.69) is 5.32 Å². The maximum absolute atomic E-state index is 5.89. The highest BCUT2D eigenvalue weighted by Gasteiger charge is 1.99. The standard InChI is InChI=1S/C14H13Cl2NO/c15-13-7-6-12(10-14(13)16)18-9-8-17-11-4-2-1-3-5-11/h1-7,10,17H,8-9H2. The number of rotatable bonds is 5. The lowest BCUT2D eigenvalue weighted by atomic mass is 10.3. The summed E-state index contributed by atoms with van der Waals surface area (Å²) < 4.78 is 5.56. The monoisotopic (exact) mass is 281 g/mol. The van der Waals surface area contributed by atoms with E-state index in [-0.39, 0.29) is 0 Å². The van der Waals surface area contributed by atoms with Gasteiger partial charge in [0.05, 0.1) is 10.0 Å². The second-order valence-corrected chi connectivity index (χ2v) is 4.53. The van der Waals surface area contributed by atoms with Crippen LogP contribution >= 0.6 is 23.2 Å². The summed E-state index contributed by atoms with van der Waals surface area (Å²) in [5.74, 6) is 0.722. The lowest BCUT2D eigenvalue weighted by Crippen LogP contribution is -2.11. The molecule has 0 atom stereocenters. The van der Waals surface area contributed by atoms with Crippen LogP contribution in [0.5, 0.6) is 5.75 Å². The summed E-state index contributed by atoms with van der Waals surface area (Å²) >= 11 is 11.7. The van der Waals surface area contributed by atoms with Crippen molar-refractivity contribution < 1.29 is 4.74 Å². The van der Waals surface area contributed by atoms with Gasteiger partial charge in [-0.3, -0.25) is 0 Å². The van der Waals surface area contributed by atoms with Gasteiger partial charge in [0.25, 0.3) is 0 Å². The number of hydrogen-bond donors (Lipinski definition) is 1. The van der Waals surface area contributed by atoms with Gasteiger partial charge in [-0.05, 0) is 24.3 Å². The second kappa shape index (κ2) is 6.53. The van der Waals surface area contributed by atoms with Crippen molar-refractivity contribution in [1.29, 1.82) is 0 Å². The van der Waals surface area contributed by atoms with Crippen LogP contribution in [0.15, 0.2) is 48.5 Å². The van der Waals surface area contributed by atoms with Crippen molar-refractivity contribution >= 4 is 28.9 Å². The number of para-hydroxylation sites is 1. The molecule has 0 radical (unpaired) electrons. The Balaban J connectivity index is 1.77. The van der Waals surface area contributed by atoms with Gasteiger partial charge in [0, 0.05) is 18.3 Å². The van der Waals surface area contributed by atoms with Crippen LogP contribution in [0.4, 0.5) is 5.69 Å². The number of benzene rings is 2. The molecule has 2 nitrogen and oxygen atoms in total. The van der Waals surface area contributed by atoms with E-state index in [0.717, 1.165) is 18.0 Å². The van der Waals surface area contributed by atoms with E-state index < -0.39 is 0 Å². The van der Waals surface area contributed by atoms with Crippen LogP contribution in [0.1, 0.15) is 0 Å².